The van der Waals surface area contributed by atoms with Gasteiger partial charge in [0.05, 0.1) is 5.56 Å². The number of thioether (sulfide) groups is 1. The minimum atomic E-state index is -1.08. The molecule has 2 heterocycles. The van der Waals surface area contributed by atoms with Crippen molar-refractivity contribution in [3.05, 3.63) is 21.4 Å². The van der Waals surface area contributed by atoms with Crippen LogP contribution in [0.25, 0.3) is 0 Å². The molecule has 1 aliphatic carbocycles. The van der Waals surface area contributed by atoms with E-state index in [4.69, 9.17) is 0 Å². The molecule has 0 spiro atoms. The van der Waals surface area contributed by atoms with Crippen LogP contribution in [-0.2, 0) is 17.6 Å². The van der Waals surface area contributed by atoms with Crippen LogP contribution in [0, 0.1) is 0 Å². The average molecular weight is 325 g/mol. The third-order valence-corrected chi connectivity index (χ3v) is 6.49. The standard InChI is InChI=1S/C15H19NO3S2/c17-13(11-9-21-12-4-2-1-3-10(11)12)16-15(14(18)19)5-7-20-8-6-15/h9H,1-8H2,(H,16,17)(H,18,19). The summed E-state index contributed by atoms with van der Waals surface area (Å²) in [5, 5.41) is 14.3. The SMILES string of the molecule is O=C(NC1(C(=O)O)CCSCC1)c1csc2c1CCCC2. The number of hydrogen-bond donors (Lipinski definition) is 2. The predicted molar refractivity (Wildman–Crippen MR) is 85.4 cm³/mol. The molecule has 1 fully saturated rings. The van der Waals surface area contributed by atoms with Gasteiger partial charge in [-0.2, -0.15) is 11.8 Å². The maximum atomic E-state index is 12.6. The number of nitrogens with one attached hydrogen (secondary N) is 1. The fraction of sp³-hybridized carbons (Fsp3) is 0.600. The molecule has 1 amide bonds. The Morgan fingerprint density at radius 2 is 1.90 bits per heavy atom. The second kappa shape index (κ2) is 6.01. The number of rotatable bonds is 3. The van der Waals surface area contributed by atoms with Crippen molar-refractivity contribution < 1.29 is 14.7 Å². The summed E-state index contributed by atoms with van der Waals surface area (Å²) in [6.45, 7) is 0. The lowest BCUT2D eigenvalue weighted by molar-refractivity contribution is -0.144. The molecule has 4 nitrogen and oxygen atoms in total. The first-order valence-corrected chi connectivity index (χ1v) is 9.39. The largest absolute Gasteiger partial charge is 0.480 e. The molecule has 2 N–H and O–H groups in total. The van der Waals surface area contributed by atoms with Gasteiger partial charge in [0.2, 0.25) is 0 Å². The highest BCUT2D eigenvalue weighted by molar-refractivity contribution is 7.99. The van der Waals surface area contributed by atoms with Crippen LogP contribution < -0.4 is 5.32 Å². The summed E-state index contributed by atoms with van der Waals surface area (Å²) < 4.78 is 0. The topological polar surface area (TPSA) is 66.4 Å². The monoisotopic (exact) mass is 325 g/mol. The zero-order valence-corrected chi connectivity index (χ0v) is 13.4. The Balaban J connectivity index is 1.82. The highest BCUT2D eigenvalue weighted by Crippen LogP contribution is 2.32. The lowest BCUT2D eigenvalue weighted by atomic mass is 9.90. The third kappa shape index (κ3) is 2.83. The molecule has 3 rings (SSSR count). The molecule has 0 bridgehead atoms. The average Bonchev–Trinajstić information content (AvgIpc) is 2.92. The first kappa shape index (κ1) is 14.9. The van der Waals surface area contributed by atoms with Gasteiger partial charge < -0.3 is 10.4 Å². The summed E-state index contributed by atoms with van der Waals surface area (Å²) >= 11 is 3.39. The number of carbonyl (C=O) groups excluding carboxylic acids is 1. The zero-order chi connectivity index (χ0) is 14.9. The van der Waals surface area contributed by atoms with E-state index in [1.807, 2.05) is 5.38 Å². The van der Waals surface area contributed by atoms with E-state index in [0.29, 0.717) is 18.4 Å². The summed E-state index contributed by atoms with van der Waals surface area (Å²) in [6.07, 6.45) is 5.30. The number of hydrogen-bond acceptors (Lipinski definition) is 4. The molecule has 1 saturated heterocycles. The number of aryl methyl sites for hydroxylation is 1. The van der Waals surface area contributed by atoms with Crippen LogP contribution >= 0.6 is 23.1 Å². The minimum absolute atomic E-state index is 0.205. The Morgan fingerprint density at radius 3 is 2.62 bits per heavy atom. The lowest BCUT2D eigenvalue weighted by Gasteiger charge is -2.33. The van der Waals surface area contributed by atoms with E-state index in [1.54, 1.807) is 23.1 Å². The maximum Gasteiger partial charge on any atom is 0.329 e. The van der Waals surface area contributed by atoms with Crippen molar-refractivity contribution in [3.8, 4) is 0 Å². The fourth-order valence-electron chi connectivity index (χ4n) is 3.08. The molecule has 1 aromatic heterocycles. The molecule has 2 aliphatic rings. The molecule has 1 aliphatic heterocycles. The van der Waals surface area contributed by atoms with Gasteiger partial charge in [0.15, 0.2) is 0 Å². The van der Waals surface area contributed by atoms with E-state index < -0.39 is 11.5 Å². The van der Waals surface area contributed by atoms with Crippen LogP contribution in [0.15, 0.2) is 5.38 Å². The van der Waals surface area contributed by atoms with E-state index in [1.165, 1.54) is 11.3 Å². The predicted octanol–water partition coefficient (Wildman–Crippen LogP) is 2.71. The van der Waals surface area contributed by atoms with Crippen molar-refractivity contribution in [2.75, 3.05) is 11.5 Å². The van der Waals surface area contributed by atoms with Gasteiger partial charge in [0.1, 0.15) is 5.54 Å². The Hall–Kier alpha value is -1.01. The van der Waals surface area contributed by atoms with Crippen LogP contribution in [0.4, 0.5) is 0 Å². The van der Waals surface area contributed by atoms with Crippen molar-refractivity contribution in [2.45, 2.75) is 44.1 Å². The Morgan fingerprint density at radius 1 is 1.19 bits per heavy atom. The van der Waals surface area contributed by atoms with Crippen LogP contribution in [0.2, 0.25) is 0 Å². The molecule has 0 unspecified atom stereocenters. The minimum Gasteiger partial charge on any atom is -0.480 e. The first-order chi connectivity index (χ1) is 10.1. The van der Waals surface area contributed by atoms with E-state index in [0.717, 1.165) is 36.3 Å². The molecule has 6 heteroatoms. The highest BCUT2D eigenvalue weighted by Gasteiger charge is 2.41. The molecule has 1 aromatic rings. The summed E-state index contributed by atoms with van der Waals surface area (Å²) in [6, 6.07) is 0. The van der Waals surface area contributed by atoms with Gasteiger partial charge in [-0.25, -0.2) is 4.79 Å². The van der Waals surface area contributed by atoms with Crippen molar-refractivity contribution in [1.82, 2.24) is 5.32 Å². The first-order valence-electron chi connectivity index (χ1n) is 7.35. The normalized spacial score (nSPS) is 20.6. The molecule has 0 aromatic carbocycles. The summed E-state index contributed by atoms with van der Waals surface area (Å²) in [5.74, 6) is 0.465. The van der Waals surface area contributed by atoms with E-state index in [-0.39, 0.29) is 5.91 Å². The third-order valence-electron chi connectivity index (χ3n) is 4.41. The van der Waals surface area contributed by atoms with E-state index >= 15 is 0 Å². The van der Waals surface area contributed by atoms with Gasteiger partial charge in [-0.05, 0) is 55.6 Å². The molecular formula is C15H19NO3S2. The Kier molecular flexibility index (Phi) is 4.26. The van der Waals surface area contributed by atoms with Gasteiger partial charge >= 0.3 is 5.97 Å². The second-order valence-corrected chi connectivity index (χ2v) is 7.90. The lowest BCUT2D eigenvalue weighted by Crippen LogP contribution is -2.56. The van der Waals surface area contributed by atoms with Crippen LogP contribution in [0.5, 0.6) is 0 Å². The summed E-state index contributed by atoms with van der Waals surface area (Å²) in [5.41, 5.74) is 0.772. The molecule has 0 radical (unpaired) electrons. The van der Waals surface area contributed by atoms with E-state index in [2.05, 4.69) is 5.32 Å². The number of carboxylic acids is 1. The van der Waals surface area contributed by atoms with Gasteiger partial charge in [-0.15, -0.1) is 11.3 Å². The smallest absolute Gasteiger partial charge is 0.329 e. The zero-order valence-electron chi connectivity index (χ0n) is 11.8. The number of fused-ring (bicyclic) bond motifs is 1. The highest BCUT2D eigenvalue weighted by atomic mass is 32.2. The number of amides is 1. The van der Waals surface area contributed by atoms with Gasteiger partial charge in [-0.3, -0.25) is 4.79 Å². The fourth-order valence-corrected chi connectivity index (χ4v) is 5.40. The molecule has 114 valence electrons. The van der Waals surface area contributed by atoms with E-state index in [9.17, 15) is 14.7 Å². The number of thiophene rings is 1. The van der Waals surface area contributed by atoms with Crippen LogP contribution in [-0.4, -0.2) is 34.0 Å². The van der Waals surface area contributed by atoms with Crippen molar-refractivity contribution in [3.63, 3.8) is 0 Å². The van der Waals surface area contributed by atoms with Crippen molar-refractivity contribution >= 4 is 35.0 Å². The van der Waals surface area contributed by atoms with Gasteiger partial charge in [-0.1, -0.05) is 0 Å². The Labute approximate surface area is 132 Å². The number of carbonyl (C=O) groups is 2. The van der Waals surface area contributed by atoms with Gasteiger partial charge in [0.25, 0.3) is 5.91 Å². The van der Waals surface area contributed by atoms with Gasteiger partial charge in [0, 0.05) is 10.3 Å². The van der Waals surface area contributed by atoms with Crippen LogP contribution in [0.1, 0.15) is 46.5 Å². The molecule has 0 atom stereocenters. The Bertz CT molecular complexity index is 561. The summed E-state index contributed by atoms with van der Waals surface area (Å²) in [4.78, 5) is 25.5. The summed E-state index contributed by atoms with van der Waals surface area (Å²) in [7, 11) is 0. The van der Waals surface area contributed by atoms with Crippen LogP contribution in [0.3, 0.4) is 0 Å². The molecular weight excluding hydrogens is 306 g/mol. The number of aliphatic carboxylic acids is 1. The quantitative estimate of drug-likeness (QED) is 0.897. The number of carboxylic acid groups (broad SMARTS) is 1. The van der Waals surface area contributed by atoms with Crippen molar-refractivity contribution in [1.29, 1.82) is 0 Å². The maximum absolute atomic E-state index is 12.6. The molecule has 0 saturated carbocycles. The second-order valence-electron chi connectivity index (χ2n) is 5.71. The van der Waals surface area contributed by atoms with Crippen molar-refractivity contribution in [2.24, 2.45) is 0 Å². The molecule has 21 heavy (non-hydrogen) atoms.